The maximum absolute atomic E-state index is 5.34. The summed E-state index contributed by atoms with van der Waals surface area (Å²) >= 11 is 5.34. The molecule has 1 rings (SSSR count). The van der Waals surface area contributed by atoms with Gasteiger partial charge in [-0.1, -0.05) is 45.9 Å². The lowest BCUT2D eigenvalue weighted by atomic mass is 9.98. The van der Waals surface area contributed by atoms with E-state index < -0.39 is 0 Å². The molecule has 0 aliphatic carbocycles. The van der Waals surface area contributed by atoms with Crippen molar-refractivity contribution in [1.29, 1.82) is 0 Å². The SMILES string of the molecule is Cc1cccc(C(C)C)c1NC(=S)NCC(C)C. The van der Waals surface area contributed by atoms with E-state index in [2.05, 4.69) is 63.5 Å². The lowest BCUT2D eigenvalue weighted by molar-refractivity contribution is 0.627. The van der Waals surface area contributed by atoms with Crippen LogP contribution in [0, 0.1) is 12.8 Å². The monoisotopic (exact) mass is 264 g/mol. The molecule has 0 aliphatic rings. The Morgan fingerprint density at radius 2 is 1.89 bits per heavy atom. The Bertz CT molecular complexity index is 411. The van der Waals surface area contributed by atoms with Crippen molar-refractivity contribution in [2.24, 2.45) is 5.92 Å². The summed E-state index contributed by atoms with van der Waals surface area (Å²) < 4.78 is 0. The number of aryl methyl sites for hydroxylation is 1. The van der Waals surface area contributed by atoms with E-state index in [1.807, 2.05) is 0 Å². The maximum Gasteiger partial charge on any atom is 0.170 e. The van der Waals surface area contributed by atoms with Gasteiger partial charge in [0.2, 0.25) is 0 Å². The molecule has 0 amide bonds. The van der Waals surface area contributed by atoms with Gasteiger partial charge in [0.05, 0.1) is 0 Å². The van der Waals surface area contributed by atoms with Gasteiger partial charge in [-0.15, -0.1) is 0 Å². The van der Waals surface area contributed by atoms with Crippen molar-refractivity contribution in [2.75, 3.05) is 11.9 Å². The van der Waals surface area contributed by atoms with Gasteiger partial charge in [0, 0.05) is 12.2 Å². The lowest BCUT2D eigenvalue weighted by Crippen LogP contribution is -2.32. The zero-order valence-electron chi connectivity index (χ0n) is 12.0. The molecule has 0 bridgehead atoms. The van der Waals surface area contributed by atoms with E-state index in [1.165, 1.54) is 11.1 Å². The third-order valence-corrected chi connectivity index (χ3v) is 3.08. The summed E-state index contributed by atoms with van der Waals surface area (Å²) in [6.07, 6.45) is 0. The second-order valence-corrected chi connectivity index (χ2v) is 5.83. The normalized spacial score (nSPS) is 10.8. The summed E-state index contributed by atoms with van der Waals surface area (Å²) in [5, 5.41) is 7.29. The Balaban J connectivity index is 2.80. The molecule has 0 unspecified atom stereocenters. The van der Waals surface area contributed by atoms with Gasteiger partial charge in [-0.2, -0.15) is 0 Å². The highest BCUT2D eigenvalue weighted by atomic mass is 32.1. The van der Waals surface area contributed by atoms with Gasteiger partial charge in [0.1, 0.15) is 0 Å². The summed E-state index contributed by atoms with van der Waals surface area (Å²) in [7, 11) is 0. The van der Waals surface area contributed by atoms with Crippen LogP contribution in [0.25, 0.3) is 0 Å². The average molecular weight is 264 g/mol. The Labute approximate surface area is 116 Å². The minimum Gasteiger partial charge on any atom is -0.362 e. The zero-order valence-corrected chi connectivity index (χ0v) is 12.8. The fourth-order valence-electron chi connectivity index (χ4n) is 1.80. The number of anilines is 1. The lowest BCUT2D eigenvalue weighted by Gasteiger charge is -2.19. The van der Waals surface area contributed by atoms with Crippen molar-refractivity contribution in [2.45, 2.75) is 40.5 Å². The highest BCUT2D eigenvalue weighted by Gasteiger charge is 2.10. The van der Waals surface area contributed by atoms with Gasteiger partial charge in [-0.25, -0.2) is 0 Å². The molecule has 0 atom stereocenters. The minimum atomic E-state index is 0.486. The van der Waals surface area contributed by atoms with Crippen molar-refractivity contribution in [3.05, 3.63) is 29.3 Å². The summed E-state index contributed by atoms with van der Waals surface area (Å²) in [5.74, 6) is 1.08. The van der Waals surface area contributed by atoms with Crippen LogP contribution < -0.4 is 10.6 Å². The van der Waals surface area contributed by atoms with Crippen molar-refractivity contribution in [3.63, 3.8) is 0 Å². The van der Waals surface area contributed by atoms with Crippen molar-refractivity contribution < 1.29 is 0 Å². The number of hydrogen-bond donors (Lipinski definition) is 2. The van der Waals surface area contributed by atoms with Gasteiger partial charge in [0.15, 0.2) is 5.11 Å². The third kappa shape index (κ3) is 4.30. The van der Waals surface area contributed by atoms with Crippen LogP contribution in [0.15, 0.2) is 18.2 Å². The topological polar surface area (TPSA) is 24.1 Å². The third-order valence-electron chi connectivity index (χ3n) is 2.84. The predicted octanol–water partition coefficient (Wildman–Crippen LogP) is 4.06. The fourth-order valence-corrected chi connectivity index (χ4v) is 1.98. The zero-order chi connectivity index (χ0) is 13.7. The van der Waals surface area contributed by atoms with Gasteiger partial charge >= 0.3 is 0 Å². The minimum absolute atomic E-state index is 0.486. The molecular formula is C15H24N2S. The Kier molecular flexibility index (Phi) is 5.60. The van der Waals surface area contributed by atoms with E-state index in [9.17, 15) is 0 Å². The van der Waals surface area contributed by atoms with E-state index in [4.69, 9.17) is 12.2 Å². The highest BCUT2D eigenvalue weighted by Crippen LogP contribution is 2.27. The molecule has 1 aromatic carbocycles. The van der Waals surface area contributed by atoms with E-state index >= 15 is 0 Å². The van der Waals surface area contributed by atoms with Crippen LogP contribution in [-0.2, 0) is 0 Å². The fraction of sp³-hybridized carbons (Fsp3) is 0.533. The van der Waals surface area contributed by atoms with Gasteiger partial charge < -0.3 is 10.6 Å². The Morgan fingerprint density at radius 1 is 1.22 bits per heavy atom. The quantitative estimate of drug-likeness (QED) is 0.802. The number of benzene rings is 1. The molecule has 0 aromatic heterocycles. The van der Waals surface area contributed by atoms with E-state index in [1.54, 1.807) is 0 Å². The van der Waals surface area contributed by atoms with Crippen LogP contribution in [0.4, 0.5) is 5.69 Å². The molecule has 0 fully saturated rings. The van der Waals surface area contributed by atoms with Crippen LogP contribution in [0.1, 0.15) is 44.7 Å². The average Bonchev–Trinajstić information content (AvgIpc) is 2.28. The van der Waals surface area contributed by atoms with Crippen LogP contribution in [0.3, 0.4) is 0 Å². The molecule has 1 aromatic rings. The smallest absolute Gasteiger partial charge is 0.170 e. The van der Waals surface area contributed by atoms with Crippen LogP contribution >= 0.6 is 12.2 Å². The standard InChI is InChI=1S/C15H24N2S/c1-10(2)9-16-15(18)17-14-12(5)7-6-8-13(14)11(3)4/h6-8,10-11H,9H2,1-5H3,(H2,16,17,18). The molecule has 0 heterocycles. The summed E-state index contributed by atoms with van der Waals surface area (Å²) in [6.45, 7) is 11.7. The first kappa shape index (κ1) is 15.0. The molecule has 18 heavy (non-hydrogen) atoms. The molecule has 2 N–H and O–H groups in total. The first-order valence-corrected chi connectivity index (χ1v) is 6.97. The number of nitrogens with one attached hydrogen (secondary N) is 2. The van der Waals surface area contributed by atoms with Crippen molar-refractivity contribution in [3.8, 4) is 0 Å². The van der Waals surface area contributed by atoms with E-state index in [-0.39, 0.29) is 0 Å². The number of para-hydroxylation sites is 1. The molecule has 0 spiro atoms. The van der Waals surface area contributed by atoms with Crippen molar-refractivity contribution >= 4 is 23.0 Å². The Morgan fingerprint density at radius 3 is 2.44 bits per heavy atom. The van der Waals surface area contributed by atoms with E-state index in [0.717, 1.165) is 12.2 Å². The second-order valence-electron chi connectivity index (χ2n) is 5.42. The molecule has 0 aliphatic heterocycles. The summed E-state index contributed by atoms with van der Waals surface area (Å²) in [5.41, 5.74) is 3.69. The van der Waals surface area contributed by atoms with Crippen LogP contribution in [0.2, 0.25) is 0 Å². The number of hydrogen-bond acceptors (Lipinski definition) is 1. The molecular weight excluding hydrogens is 240 g/mol. The number of rotatable bonds is 4. The maximum atomic E-state index is 5.34. The highest BCUT2D eigenvalue weighted by molar-refractivity contribution is 7.80. The van der Waals surface area contributed by atoms with Crippen LogP contribution in [0.5, 0.6) is 0 Å². The first-order chi connectivity index (χ1) is 8.41. The van der Waals surface area contributed by atoms with Crippen molar-refractivity contribution in [1.82, 2.24) is 5.32 Å². The van der Waals surface area contributed by atoms with Crippen LogP contribution in [-0.4, -0.2) is 11.7 Å². The predicted molar refractivity (Wildman–Crippen MR) is 84.3 cm³/mol. The molecule has 100 valence electrons. The largest absolute Gasteiger partial charge is 0.362 e. The van der Waals surface area contributed by atoms with E-state index in [0.29, 0.717) is 16.9 Å². The molecule has 2 nitrogen and oxygen atoms in total. The first-order valence-electron chi connectivity index (χ1n) is 6.56. The molecule has 0 saturated carbocycles. The van der Waals surface area contributed by atoms with Gasteiger partial charge in [-0.3, -0.25) is 0 Å². The number of thiocarbonyl (C=S) groups is 1. The second kappa shape index (κ2) is 6.74. The Hall–Kier alpha value is -1.09. The molecule has 0 radical (unpaired) electrons. The molecule has 0 saturated heterocycles. The molecule has 3 heteroatoms. The summed E-state index contributed by atoms with van der Waals surface area (Å²) in [6, 6.07) is 6.37. The summed E-state index contributed by atoms with van der Waals surface area (Å²) in [4.78, 5) is 0. The van der Waals surface area contributed by atoms with Gasteiger partial charge in [-0.05, 0) is 42.1 Å². The van der Waals surface area contributed by atoms with Gasteiger partial charge in [0.25, 0.3) is 0 Å².